The number of benzene rings is 1. The zero-order valence-corrected chi connectivity index (χ0v) is 18.1. The quantitative estimate of drug-likeness (QED) is 0.575. The minimum atomic E-state index is -0.186. The first-order valence-corrected chi connectivity index (χ1v) is 10.2. The van der Waals surface area contributed by atoms with E-state index in [1.54, 1.807) is 40.8 Å². The lowest BCUT2D eigenvalue weighted by Crippen LogP contribution is -2.41. The van der Waals surface area contributed by atoms with E-state index in [1.807, 2.05) is 49.6 Å². The Balaban J connectivity index is 0.00000363. The van der Waals surface area contributed by atoms with E-state index >= 15 is 0 Å². The molecular formula is C24H30N4O3. The summed E-state index contributed by atoms with van der Waals surface area (Å²) in [5.41, 5.74) is 2.05. The molecule has 3 aromatic rings. The van der Waals surface area contributed by atoms with Gasteiger partial charge in [0, 0.05) is 40.4 Å². The summed E-state index contributed by atoms with van der Waals surface area (Å²) in [6, 6.07) is 18.6. The molecule has 0 spiro atoms. The molecule has 0 radical (unpaired) electrons. The first-order valence-electron chi connectivity index (χ1n) is 10.2. The van der Waals surface area contributed by atoms with Crippen LogP contribution in [0, 0.1) is 0 Å². The summed E-state index contributed by atoms with van der Waals surface area (Å²) in [5, 5.41) is 2.96. The van der Waals surface area contributed by atoms with Crippen LogP contribution in [-0.2, 0) is 13.5 Å². The van der Waals surface area contributed by atoms with Crippen LogP contribution in [0.4, 0.5) is 0 Å². The molecule has 0 aliphatic rings. The van der Waals surface area contributed by atoms with Gasteiger partial charge in [0.25, 0.3) is 11.8 Å². The minimum absolute atomic E-state index is 0. The molecule has 31 heavy (non-hydrogen) atoms. The molecule has 2 aromatic heterocycles. The van der Waals surface area contributed by atoms with Gasteiger partial charge in [0.05, 0.1) is 7.11 Å². The van der Waals surface area contributed by atoms with Crippen molar-refractivity contribution in [1.82, 2.24) is 19.8 Å². The smallest absolute Gasteiger partial charge is 0.272 e. The van der Waals surface area contributed by atoms with Gasteiger partial charge in [-0.25, -0.2) is 4.98 Å². The highest BCUT2D eigenvalue weighted by atomic mass is 16.5. The lowest BCUT2D eigenvalue weighted by atomic mass is 10.0. The van der Waals surface area contributed by atoms with E-state index in [-0.39, 0.29) is 19.3 Å². The Kier molecular flexibility index (Phi) is 7.43. The van der Waals surface area contributed by atoms with Gasteiger partial charge in [0.1, 0.15) is 11.4 Å². The molecule has 0 unspecified atom stereocenters. The molecular weight excluding hydrogens is 392 g/mol. The number of pyridine rings is 1. The molecule has 0 bridgehead atoms. The third-order valence-corrected chi connectivity index (χ3v) is 5.27. The average Bonchev–Trinajstić information content (AvgIpc) is 3.24. The lowest BCUT2D eigenvalue weighted by molar-refractivity contribution is 0.0716. The fourth-order valence-electron chi connectivity index (χ4n) is 3.45. The Morgan fingerprint density at radius 2 is 1.90 bits per heavy atom. The second-order valence-corrected chi connectivity index (χ2v) is 7.37. The highest BCUT2D eigenvalue weighted by molar-refractivity contribution is 5.93. The zero-order chi connectivity index (χ0) is 22.2. The minimum Gasteiger partial charge on any atom is -0.481 e. The number of aromatic nitrogens is 2. The second-order valence-electron chi connectivity index (χ2n) is 7.37. The molecule has 0 fully saturated rings. The molecule has 3 rings (SSSR count). The van der Waals surface area contributed by atoms with Gasteiger partial charge in [0.2, 0.25) is 5.88 Å². The molecule has 0 aliphatic carbocycles. The Labute approximate surface area is 184 Å². The van der Waals surface area contributed by atoms with Gasteiger partial charge in [-0.1, -0.05) is 36.4 Å². The Bertz CT molecular complexity index is 1020. The molecule has 2 amide bonds. The standard InChI is InChI=1S/C24H28N4O3.H2/c1-27-16-8-12-21(27)23(29)25-15-14-19(17-18-9-5-4-6-10-18)28(2)24(30)20-11-7-13-22(26-20)31-3;/h4-13,16,19H,14-15,17H2,1-3H3,(H,25,29);1H/t19-;/m1./s1. The number of carbonyl (C=O) groups is 2. The summed E-state index contributed by atoms with van der Waals surface area (Å²) >= 11 is 0. The van der Waals surface area contributed by atoms with Gasteiger partial charge < -0.3 is 19.5 Å². The van der Waals surface area contributed by atoms with Gasteiger partial charge in [-0.3, -0.25) is 9.59 Å². The Morgan fingerprint density at radius 3 is 2.58 bits per heavy atom. The first kappa shape index (κ1) is 22.1. The van der Waals surface area contributed by atoms with Crippen molar-refractivity contribution in [2.75, 3.05) is 20.7 Å². The van der Waals surface area contributed by atoms with Crippen molar-refractivity contribution in [3.05, 3.63) is 83.8 Å². The predicted octanol–water partition coefficient (Wildman–Crippen LogP) is 3.18. The number of rotatable bonds is 9. The van der Waals surface area contributed by atoms with Gasteiger partial charge in [-0.05, 0) is 36.6 Å². The van der Waals surface area contributed by atoms with Crippen molar-refractivity contribution in [3.8, 4) is 5.88 Å². The van der Waals surface area contributed by atoms with E-state index in [0.29, 0.717) is 36.7 Å². The molecule has 1 aromatic carbocycles. The van der Waals surface area contributed by atoms with Crippen LogP contribution in [0.2, 0.25) is 0 Å². The van der Waals surface area contributed by atoms with Crippen LogP contribution in [-0.4, -0.2) is 53.0 Å². The van der Waals surface area contributed by atoms with Crippen LogP contribution in [0.1, 0.15) is 34.4 Å². The number of amides is 2. The Morgan fingerprint density at radius 1 is 1.13 bits per heavy atom. The molecule has 0 saturated carbocycles. The number of hydrogen-bond donors (Lipinski definition) is 1. The molecule has 1 N–H and O–H groups in total. The van der Waals surface area contributed by atoms with Crippen LogP contribution in [0.5, 0.6) is 5.88 Å². The van der Waals surface area contributed by atoms with Crippen molar-refractivity contribution in [3.63, 3.8) is 0 Å². The van der Waals surface area contributed by atoms with Crippen LogP contribution < -0.4 is 10.1 Å². The molecule has 1 atom stereocenters. The van der Waals surface area contributed by atoms with Gasteiger partial charge in [-0.15, -0.1) is 0 Å². The Hall–Kier alpha value is -3.61. The monoisotopic (exact) mass is 422 g/mol. The summed E-state index contributed by atoms with van der Waals surface area (Å²) in [7, 11) is 5.13. The highest BCUT2D eigenvalue weighted by Gasteiger charge is 2.23. The fourth-order valence-corrected chi connectivity index (χ4v) is 3.45. The predicted molar refractivity (Wildman–Crippen MR) is 121 cm³/mol. The van der Waals surface area contributed by atoms with E-state index in [9.17, 15) is 9.59 Å². The molecule has 164 valence electrons. The van der Waals surface area contributed by atoms with E-state index in [4.69, 9.17) is 4.74 Å². The van der Waals surface area contributed by atoms with E-state index in [2.05, 4.69) is 10.3 Å². The maximum Gasteiger partial charge on any atom is 0.272 e. The van der Waals surface area contributed by atoms with Crippen molar-refractivity contribution in [2.45, 2.75) is 18.9 Å². The van der Waals surface area contributed by atoms with Crippen LogP contribution in [0.25, 0.3) is 0 Å². The van der Waals surface area contributed by atoms with E-state index in [1.165, 1.54) is 7.11 Å². The summed E-state index contributed by atoms with van der Waals surface area (Å²) in [5.74, 6) is 0.0803. The van der Waals surface area contributed by atoms with Crippen molar-refractivity contribution in [1.29, 1.82) is 0 Å². The molecule has 7 nitrogen and oxygen atoms in total. The molecule has 2 heterocycles. The normalized spacial score (nSPS) is 11.6. The molecule has 0 aliphatic heterocycles. The SMILES string of the molecule is COc1cccc(C(=O)N(C)[C@H](CCNC(=O)c2cccn2C)Cc2ccccc2)n1.[HH]. The largest absolute Gasteiger partial charge is 0.481 e. The number of nitrogens with one attached hydrogen (secondary N) is 1. The van der Waals surface area contributed by atoms with Gasteiger partial charge in [0.15, 0.2) is 0 Å². The summed E-state index contributed by atoms with van der Waals surface area (Å²) < 4.78 is 6.92. The number of nitrogens with zero attached hydrogens (tertiary/aromatic N) is 3. The van der Waals surface area contributed by atoms with Crippen LogP contribution in [0.15, 0.2) is 66.9 Å². The van der Waals surface area contributed by atoms with Gasteiger partial charge in [-0.2, -0.15) is 0 Å². The summed E-state index contributed by atoms with van der Waals surface area (Å²) in [4.78, 5) is 31.5. The number of ether oxygens (including phenoxy) is 1. The third-order valence-electron chi connectivity index (χ3n) is 5.27. The van der Waals surface area contributed by atoms with E-state index in [0.717, 1.165) is 5.56 Å². The maximum absolute atomic E-state index is 13.1. The second kappa shape index (κ2) is 10.4. The lowest BCUT2D eigenvalue weighted by Gasteiger charge is -2.28. The zero-order valence-electron chi connectivity index (χ0n) is 18.1. The van der Waals surface area contributed by atoms with E-state index < -0.39 is 0 Å². The fraction of sp³-hybridized carbons (Fsp3) is 0.292. The number of methoxy groups -OCH3 is 1. The van der Waals surface area contributed by atoms with Crippen LogP contribution >= 0.6 is 0 Å². The summed E-state index contributed by atoms with van der Waals surface area (Å²) in [6.07, 6.45) is 3.12. The molecule has 7 heteroatoms. The topological polar surface area (TPSA) is 76.5 Å². The summed E-state index contributed by atoms with van der Waals surface area (Å²) in [6.45, 7) is 0.449. The third kappa shape index (κ3) is 5.72. The number of hydrogen-bond acceptors (Lipinski definition) is 4. The first-order chi connectivity index (χ1) is 15.0. The number of carbonyl (C=O) groups excluding carboxylic acids is 2. The van der Waals surface area contributed by atoms with Gasteiger partial charge >= 0.3 is 0 Å². The number of aryl methyl sites for hydroxylation is 1. The van der Waals surface area contributed by atoms with Crippen LogP contribution in [0.3, 0.4) is 0 Å². The number of likely N-dealkylation sites (N-methyl/N-ethyl adjacent to an activating group) is 1. The highest BCUT2D eigenvalue weighted by Crippen LogP contribution is 2.15. The average molecular weight is 423 g/mol. The molecule has 0 saturated heterocycles. The maximum atomic E-state index is 13.1. The van der Waals surface area contributed by atoms with Crippen molar-refractivity contribution >= 4 is 11.8 Å². The van der Waals surface area contributed by atoms with Crippen molar-refractivity contribution < 1.29 is 15.8 Å². The van der Waals surface area contributed by atoms with Crippen molar-refractivity contribution in [2.24, 2.45) is 7.05 Å².